The van der Waals surface area contributed by atoms with E-state index in [9.17, 15) is 4.79 Å². The standard InChI is InChI=1S/C12H17N3O2S/c13-11(18)10(9-2-1-5-14-9)15-6-3-8(4-7-15)12(16)17/h1-2,5,8,10,14H,3-4,6-7H2,(H2,13,18)(H,16,17). The molecule has 1 fully saturated rings. The molecule has 5 nitrogen and oxygen atoms in total. The lowest BCUT2D eigenvalue weighted by atomic mass is 9.95. The summed E-state index contributed by atoms with van der Waals surface area (Å²) in [5.41, 5.74) is 6.78. The Morgan fingerprint density at radius 1 is 1.56 bits per heavy atom. The minimum Gasteiger partial charge on any atom is -0.481 e. The van der Waals surface area contributed by atoms with Crippen LogP contribution in [-0.4, -0.2) is 39.0 Å². The Balaban J connectivity index is 2.06. The molecule has 1 unspecified atom stereocenters. The van der Waals surface area contributed by atoms with Gasteiger partial charge in [-0.25, -0.2) is 0 Å². The second-order valence-corrected chi connectivity index (χ2v) is 5.05. The molecule has 2 rings (SSSR count). The van der Waals surface area contributed by atoms with Crippen LogP contribution >= 0.6 is 12.2 Å². The smallest absolute Gasteiger partial charge is 0.306 e. The van der Waals surface area contributed by atoms with Crippen molar-refractivity contribution in [3.8, 4) is 0 Å². The summed E-state index contributed by atoms with van der Waals surface area (Å²) < 4.78 is 0. The maximum Gasteiger partial charge on any atom is 0.306 e. The van der Waals surface area contributed by atoms with Crippen molar-refractivity contribution in [3.05, 3.63) is 24.0 Å². The van der Waals surface area contributed by atoms with Crippen molar-refractivity contribution >= 4 is 23.2 Å². The first kappa shape index (κ1) is 13.0. The van der Waals surface area contributed by atoms with Crippen LogP contribution in [0.1, 0.15) is 24.6 Å². The topological polar surface area (TPSA) is 82.4 Å². The highest BCUT2D eigenvalue weighted by Crippen LogP contribution is 2.26. The van der Waals surface area contributed by atoms with Crippen LogP contribution < -0.4 is 5.73 Å². The van der Waals surface area contributed by atoms with Crippen LogP contribution in [0, 0.1) is 5.92 Å². The van der Waals surface area contributed by atoms with Gasteiger partial charge in [0.05, 0.1) is 10.9 Å². The number of H-pyrrole nitrogens is 1. The summed E-state index contributed by atoms with van der Waals surface area (Å²) in [6.45, 7) is 1.41. The summed E-state index contributed by atoms with van der Waals surface area (Å²) in [4.78, 5) is 16.6. The number of aromatic amines is 1. The molecule has 0 aliphatic carbocycles. The summed E-state index contributed by atoms with van der Waals surface area (Å²) in [5, 5.41) is 8.98. The highest BCUT2D eigenvalue weighted by Gasteiger charge is 2.30. The molecule has 4 N–H and O–H groups in total. The van der Waals surface area contributed by atoms with Crippen molar-refractivity contribution in [1.29, 1.82) is 0 Å². The lowest BCUT2D eigenvalue weighted by Gasteiger charge is -2.35. The summed E-state index contributed by atoms with van der Waals surface area (Å²) in [5.74, 6) is -0.946. The predicted octanol–water partition coefficient (Wildman–Crippen LogP) is 1.14. The second-order valence-electron chi connectivity index (χ2n) is 4.58. The Kier molecular flexibility index (Phi) is 3.98. The molecule has 98 valence electrons. The lowest BCUT2D eigenvalue weighted by molar-refractivity contribution is -0.143. The van der Waals surface area contributed by atoms with E-state index < -0.39 is 5.97 Å². The number of aromatic nitrogens is 1. The van der Waals surface area contributed by atoms with E-state index in [1.54, 1.807) is 0 Å². The molecule has 1 aliphatic rings. The first-order valence-electron chi connectivity index (χ1n) is 5.99. The molecule has 0 saturated carbocycles. The van der Waals surface area contributed by atoms with E-state index in [0.29, 0.717) is 30.9 Å². The number of nitrogens with one attached hydrogen (secondary N) is 1. The molecule has 1 saturated heterocycles. The maximum atomic E-state index is 10.9. The third-order valence-electron chi connectivity index (χ3n) is 3.43. The van der Waals surface area contributed by atoms with E-state index in [2.05, 4.69) is 9.88 Å². The monoisotopic (exact) mass is 267 g/mol. The Hall–Kier alpha value is -1.40. The Morgan fingerprint density at radius 3 is 2.67 bits per heavy atom. The Bertz CT molecular complexity index is 425. The molecule has 0 radical (unpaired) electrons. The molecular weight excluding hydrogens is 250 g/mol. The zero-order valence-corrected chi connectivity index (χ0v) is 10.8. The molecule has 0 aromatic carbocycles. The van der Waals surface area contributed by atoms with Crippen LogP contribution in [0.15, 0.2) is 18.3 Å². The van der Waals surface area contributed by atoms with E-state index in [0.717, 1.165) is 5.69 Å². The number of carbonyl (C=O) groups is 1. The Morgan fingerprint density at radius 2 is 2.22 bits per heavy atom. The quantitative estimate of drug-likeness (QED) is 0.713. The van der Waals surface area contributed by atoms with Crippen LogP contribution in [0.4, 0.5) is 0 Å². The third-order valence-corrected chi connectivity index (χ3v) is 3.65. The second kappa shape index (κ2) is 5.49. The number of rotatable bonds is 4. The molecule has 1 aromatic rings. The lowest BCUT2D eigenvalue weighted by Crippen LogP contribution is -2.43. The zero-order valence-electron chi connectivity index (χ0n) is 10.0. The summed E-state index contributed by atoms with van der Waals surface area (Å²) in [6, 6.07) is 3.74. The van der Waals surface area contributed by atoms with E-state index in [-0.39, 0.29) is 12.0 Å². The van der Waals surface area contributed by atoms with E-state index in [4.69, 9.17) is 23.1 Å². The number of likely N-dealkylation sites (tertiary alicyclic amines) is 1. The largest absolute Gasteiger partial charge is 0.481 e. The van der Waals surface area contributed by atoms with Crippen molar-refractivity contribution < 1.29 is 9.90 Å². The number of nitrogens with two attached hydrogens (primary N) is 1. The fourth-order valence-electron chi connectivity index (χ4n) is 2.45. The van der Waals surface area contributed by atoms with Gasteiger partial charge in [0.15, 0.2) is 0 Å². The number of thiocarbonyl (C=S) groups is 1. The van der Waals surface area contributed by atoms with Crippen LogP contribution in [0.3, 0.4) is 0 Å². The van der Waals surface area contributed by atoms with Gasteiger partial charge in [-0.3, -0.25) is 9.69 Å². The van der Waals surface area contributed by atoms with Crippen molar-refractivity contribution in [3.63, 3.8) is 0 Å². The van der Waals surface area contributed by atoms with Gasteiger partial charge in [-0.05, 0) is 25.0 Å². The number of carboxylic acids is 1. The number of aliphatic carboxylic acids is 1. The van der Waals surface area contributed by atoms with Crippen LogP contribution in [0.25, 0.3) is 0 Å². The first-order valence-corrected chi connectivity index (χ1v) is 6.40. The summed E-state index contributed by atoms with van der Waals surface area (Å²) in [6.07, 6.45) is 3.13. The summed E-state index contributed by atoms with van der Waals surface area (Å²) in [7, 11) is 0. The fraction of sp³-hybridized carbons (Fsp3) is 0.500. The van der Waals surface area contributed by atoms with Gasteiger partial charge in [0, 0.05) is 25.0 Å². The third kappa shape index (κ3) is 2.70. The first-order chi connectivity index (χ1) is 8.59. The van der Waals surface area contributed by atoms with Gasteiger partial charge in [0.1, 0.15) is 6.04 Å². The SMILES string of the molecule is NC(=S)C(c1ccc[nH]1)N1CCC(C(=O)O)CC1. The maximum absolute atomic E-state index is 10.9. The number of hydrogen-bond donors (Lipinski definition) is 3. The molecular formula is C12H17N3O2S. The van der Waals surface area contributed by atoms with Crippen LogP contribution in [-0.2, 0) is 4.79 Å². The molecule has 2 heterocycles. The highest BCUT2D eigenvalue weighted by atomic mass is 32.1. The molecule has 0 spiro atoms. The minimum atomic E-state index is -0.707. The molecule has 18 heavy (non-hydrogen) atoms. The van der Waals surface area contributed by atoms with Crippen molar-refractivity contribution in [1.82, 2.24) is 9.88 Å². The minimum absolute atomic E-state index is 0.121. The van der Waals surface area contributed by atoms with Crippen molar-refractivity contribution in [2.45, 2.75) is 18.9 Å². The Labute approximate surface area is 111 Å². The number of nitrogens with zero attached hydrogens (tertiary/aromatic N) is 1. The van der Waals surface area contributed by atoms with E-state index in [1.165, 1.54) is 0 Å². The van der Waals surface area contributed by atoms with Crippen LogP contribution in [0.5, 0.6) is 0 Å². The number of piperidine rings is 1. The predicted molar refractivity (Wildman–Crippen MR) is 72.3 cm³/mol. The average Bonchev–Trinajstić information content (AvgIpc) is 2.83. The van der Waals surface area contributed by atoms with Gasteiger partial charge in [0.2, 0.25) is 0 Å². The van der Waals surface area contributed by atoms with E-state index >= 15 is 0 Å². The van der Waals surface area contributed by atoms with Gasteiger partial charge in [-0.2, -0.15) is 0 Å². The van der Waals surface area contributed by atoms with Gasteiger partial charge < -0.3 is 15.8 Å². The number of hydrogen-bond acceptors (Lipinski definition) is 3. The molecule has 1 atom stereocenters. The zero-order chi connectivity index (χ0) is 13.1. The van der Waals surface area contributed by atoms with Gasteiger partial charge in [-0.15, -0.1) is 0 Å². The van der Waals surface area contributed by atoms with Gasteiger partial charge >= 0.3 is 5.97 Å². The molecule has 0 bridgehead atoms. The normalized spacial score (nSPS) is 19.6. The van der Waals surface area contributed by atoms with Gasteiger partial charge in [-0.1, -0.05) is 12.2 Å². The molecule has 6 heteroatoms. The van der Waals surface area contributed by atoms with Crippen molar-refractivity contribution in [2.75, 3.05) is 13.1 Å². The molecule has 1 aromatic heterocycles. The van der Waals surface area contributed by atoms with Gasteiger partial charge in [0.25, 0.3) is 0 Å². The molecule has 0 amide bonds. The fourth-order valence-corrected chi connectivity index (χ4v) is 2.72. The van der Waals surface area contributed by atoms with E-state index in [1.807, 2.05) is 18.3 Å². The molecule has 1 aliphatic heterocycles. The average molecular weight is 267 g/mol. The number of carboxylic acid groups (broad SMARTS) is 1. The summed E-state index contributed by atoms with van der Waals surface area (Å²) >= 11 is 5.13. The highest BCUT2D eigenvalue weighted by molar-refractivity contribution is 7.80. The van der Waals surface area contributed by atoms with Crippen molar-refractivity contribution in [2.24, 2.45) is 11.7 Å². The van der Waals surface area contributed by atoms with Crippen LogP contribution in [0.2, 0.25) is 0 Å².